The van der Waals surface area contributed by atoms with Crippen LogP contribution in [0.5, 0.6) is 0 Å². The molecule has 0 spiro atoms. The van der Waals surface area contributed by atoms with Gasteiger partial charge in [-0.05, 0) is 64.2 Å². The number of phosphoric ester groups is 2. The van der Waals surface area contributed by atoms with Gasteiger partial charge in [0.1, 0.15) is 25.4 Å². The minimum Gasteiger partial charge on any atom is -0.463 e. The molecule has 0 heterocycles. The number of hydrogen-bond donors (Lipinski definition) is 4. The number of phosphoric acid groups is 2. The molecule has 0 saturated heterocycles. The first kappa shape index (κ1) is 94.5. The number of aliphatic hydroxyl groups is 2. The number of hydrogen-bond acceptors (Lipinski definition) is 14. The van der Waals surface area contributed by atoms with E-state index in [0.29, 0.717) is 19.3 Å². The van der Waals surface area contributed by atoms with Crippen molar-refractivity contribution in [1.82, 2.24) is 0 Å². The second kappa shape index (κ2) is 73.3. The molecule has 0 rings (SSSR count). The zero-order valence-electron chi connectivity index (χ0n) is 62.3. The standard InChI is InChI=1S/C79H148O16P2/c1-4-7-10-13-16-19-22-24-26-27-28-29-30-31-32-33-34-35-36-37-38-39-40-41-42-43-44-45-47-49-51-53-56-59-62-65-77(82)89-68-74(80)69-91-96(85,86)92-70-75(81)71-93-97(87,88)94-73-76(95-79(84)67-64-61-58-55-50-21-18-15-12-9-6-3)72-90-78(83)66-63-60-57-54-52-48-46-25-23-20-17-14-11-8-5-2/h16,19,24,26,28-29,31-32,74-76,80-81H,4-15,17-18,20-23,25,27,30,33-73H2,1-3H3,(H,85,86)(H,87,88)/b19-16-,26-24-,29-28-,32-31-. The molecule has 0 bridgehead atoms. The molecule has 16 nitrogen and oxygen atoms in total. The maximum Gasteiger partial charge on any atom is 0.472 e. The normalized spacial score (nSPS) is 14.3. The van der Waals surface area contributed by atoms with Crippen molar-refractivity contribution >= 4 is 33.6 Å². The molecule has 97 heavy (non-hydrogen) atoms. The van der Waals surface area contributed by atoms with Crippen LogP contribution in [0.2, 0.25) is 0 Å². The highest BCUT2D eigenvalue weighted by Crippen LogP contribution is 2.45. The second-order valence-electron chi connectivity index (χ2n) is 27.2. The third-order valence-corrected chi connectivity index (χ3v) is 19.5. The lowest BCUT2D eigenvalue weighted by atomic mass is 10.0. The summed E-state index contributed by atoms with van der Waals surface area (Å²) in [5, 5.41) is 20.6. The summed E-state index contributed by atoms with van der Waals surface area (Å²) >= 11 is 0. The molecule has 570 valence electrons. The molecule has 0 radical (unpaired) electrons. The topological polar surface area (TPSA) is 231 Å². The summed E-state index contributed by atoms with van der Waals surface area (Å²) < 4.78 is 61.0. The number of carbonyl (C=O) groups is 3. The average Bonchev–Trinajstić information content (AvgIpc) is 2.25. The van der Waals surface area contributed by atoms with E-state index in [-0.39, 0.29) is 19.3 Å². The van der Waals surface area contributed by atoms with Crippen molar-refractivity contribution in [2.24, 2.45) is 0 Å². The number of aliphatic hydroxyl groups excluding tert-OH is 2. The summed E-state index contributed by atoms with van der Waals surface area (Å²) in [7, 11) is -9.75. The Balaban J connectivity index is 4.24. The summed E-state index contributed by atoms with van der Waals surface area (Å²) in [4.78, 5) is 58.4. The number of carbonyl (C=O) groups excluding carboxylic acids is 3. The van der Waals surface area contributed by atoms with Crippen molar-refractivity contribution in [2.45, 2.75) is 399 Å². The van der Waals surface area contributed by atoms with E-state index in [2.05, 4.69) is 69.4 Å². The summed E-state index contributed by atoms with van der Waals surface area (Å²) in [5.74, 6) is -1.54. The van der Waals surface area contributed by atoms with Gasteiger partial charge in [-0.25, -0.2) is 9.13 Å². The zero-order chi connectivity index (χ0) is 70.9. The van der Waals surface area contributed by atoms with E-state index in [1.807, 2.05) is 0 Å². The van der Waals surface area contributed by atoms with E-state index in [0.717, 1.165) is 83.5 Å². The number of rotatable bonds is 77. The van der Waals surface area contributed by atoms with Gasteiger partial charge >= 0.3 is 33.6 Å². The van der Waals surface area contributed by atoms with Gasteiger partial charge in [-0.2, -0.15) is 0 Å². The molecule has 5 atom stereocenters. The maximum absolute atomic E-state index is 12.9. The first-order valence-electron chi connectivity index (χ1n) is 39.9. The van der Waals surface area contributed by atoms with Crippen LogP contribution in [0.15, 0.2) is 48.6 Å². The van der Waals surface area contributed by atoms with Gasteiger partial charge in [-0.3, -0.25) is 32.5 Å². The number of ether oxygens (including phenoxy) is 3. The van der Waals surface area contributed by atoms with Gasteiger partial charge in [0.2, 0.25) is 0 Å². The lowest BCUT2D eigenvalue weighted by Crippen LogP contribution is -2.30. The van der Waals surface area contributed by atoms with Gasteiger partial charge in [0.15, 0.2) is 6.10 Å². The Morgan fingerprint density at radius 2 is 0.515 bits per heavy atom. The molecule has 0 aromatic heterocycles. The zero-order valence-corrected chi connectivity index (χ0v) is 64.1. The Kier molecular flexibility index (Phi) is 71.4. The van der Waals surface area contributed by atoms with Crippen molar-refractivity contribution in [3.8, 4) is 0 Å². The highest BCUT2D eigenvalue weighted by molar-refractivity contribution is 7.47. The quantitative estimate of drug-likeness (QED) is 0.0146. The Labute approximate surface area is 593 Å². The van der Waals surface area contributed by atoms with Crippen LogP contribution >= 0.6 is 15.6 Å². The van der Waals surface area contributed by atoms with Crippen LogP contribution in [-0.2, 0) is 55.8 Å². The van der Waals surface area contributed by atoms with Crippen molar-refractivity contribution in [1.29, 1.82) is 0 Å². The fourth-order valence-corrected chi connectivity index (χ4v) is 13.0. The fraction of sp³-hybridized carbons (Fsp3) is 0.861. The SMILES string of the molecule is CCCCC/C=C\C/C=C\C/C=C\C/C=C\CCCCCCCCCCCCCCCCCCCCCC(=O)OCC(O)COP(=O)(O)OCC(O)COP(=O)(O)OCC(COC(=O)CCCCCCCCCCCCCCCCC)OC(=O)CCCCCCCCCCCCC. The Hall–Kier alpha value is -2.49. The van der Waals surface area contributed by atoms with Gasteiger partial charge < -0.3 is 34.2 Å². The Bertz CT molecular complexity index is 1960. The third-order valence-electron chi connectivity index (χ3n) is 17.6. The molecule has 0 saturated carbocycles. The van der Waals surface area contributed by atoms with Gasteiger partial charge in [0, 0.05) is 19.3 Å². The molecule has 0 fully saturated rings. The van der Waals surface area contributed by atoms with Crippen molar-refractivity contribution in [3.63, 3.8) is 0 Å². The predicted molar refractivity (Wildman–Crippen MR) is 399 cm³/mol. The van der Waals surface area contributed by atoms with Crippen LogP contribution < -0.4 is 0 Å². The van der Waals surface area contributed by atoms with Crippen molar-refractivity contribution in [3.05, 3.63) is 48.6 Å². The molecule has 0 aliphatic rings. The van der Waals surface area contributed by atoms with Gasteiger partial charge in [-0.15, -0.1) is 0 Å². The van der Waals surface area contributed by atoms with Crippen LogP contribution in [0, 0.1) is 0 Å². The van der Waals surface area contributed by atoms with Gasteiger partial charge in [-0.1, -0.05) is 345 Å². The number of allylic oxidation sites excluding steroid dienone is 8. The molecule has 0 aliphatic carbocycles. The molecule has 0 amide bonds. The predicted octanol–water partition coefficient (Wildman–Crippen LogP) is 23.1. The molecule has 18 heteroatoms. The Morgan fingerprint density at radius 1 is 0.289 bits per heavy atom. The third kappa shape index (κ3) is 74.5. The van der Waals surface area contributed by atoms with Crippen LogP contribution in [0.4, 0.5) is 0 Å². The molecule has 5 unspecified atom stereocenters. The average molecular weight is 1420 g/mol. The first-order chi connectivity index (χ1) is 47.2. The van der Waals surface area contributed by atoms with Crippen LogP contribution in [0.1, 0.15) is 380 Å². The minimum absolute atomic E-state index is 0.114. The summed E-state index contributed by atoms with van der Waals surface area (Å²) in [6.45, 7) is 2.71. The molecule has 4 N–H and O–H groups in total. The smallest absolute Gasteiger partial charge is 0.463 e. The van der Waals surface area contributed by atoms with E-state index < -0.39 is 91.5 Å². The fourth-order valence-electron chi connectivity index (χ4n) is 11.4. The lowest BCUT2D eigenvalue weighted by molar-refractivity contribution is -0.161. The van der Waals surface area contributed by atoms with Gasteiger partial charge in [0.25, 0.3) is 0 Å². The van der Waals surface area contributed by atoms with Crippen LogP contribution in [0.25, 0.3) is 0 Å². The van der Waals surface area contributed by atoms with E-state index in [1.165, 1.54) is 238 Å². The molecule has 0 aromatic carbocycles. The largest absolute Gasteiger partial charge is 0.472 e. The lowest BCUT2D eigenvalue weighted by Gasteiger charge is -2.21. The molecule has 0 aromatic rings. The second-order valence-corrected chi connectivity index (χ2v) is 30.1. The number of unbranched alkanes of at least 4 members (excludes halogenated alkanes) is 46. The molecular weight excluding hydrogens is 1270 g/mol. The number of esters is 3. The van der Waals surface area contributed by atoms with Crippen molar-refractivity contribution < 1.29 is 75.8 Å². The summed E-state index contributed by atoms with van der Waals surface area (Å²) in [6.07, 6.45) is 77.7. The van der Waals surface area contributed by atoms with Gasteiger partial charge in [0.05, 0.1) is 26.4 Å². The van der Waals surface area contributed by atoms with Crippen molar-refractivity contribution in [2.75, 3.05) is 39.6 Å². The molecular formula is C79H148O16P2. The molecule has 0 aliphatic heterocycles. The highest BCUT2D eigenvalue weighted by Gasteiger charge is 2.29. The Morgan fingerprint density at radius 3 is 0.835 bits per heavy atom. The summed E-state index contributed by atoms with van der Waals surface area (Å²) in [6, 6.07) is 0. The highest BCUT2D eigenvalue weighted by atomic mass is 31.2. The van der Waals surface area contributed by atoms with E-state index in [1.54, 1.807) is 0 Å². The van der Waals surface area contributed by atoms with E-state index in [4.69, 9.17) is 32.3 Å². The maximum atomic E-state index is 12.9. The first-order valence-corrected chi connectivity index (χ1v) is 42.9. The minimum atomic E-state index is -4.91. The van der Waals surface area contributed by atoms with E-state index >= 15 is 0 Å². The van der Waals surface area contributed by atoms with E-state index in [9.17, 15) is 43.5 Å². The van der Waals surface area contributed by atoms with Crippen LogP contribution in [0.3, 0.4) is 0 Å². The monoisotopic (exact) mass is 1420 g/mol. The van der Waals surface area contributed by atoms with Crippen LogP contribution in [-0.4, -0.2) is 95.9 Å². The summed E-state index contributed by atoms with van der Waals surface area (Å²) in [5.41, 5.74) is 0.